The second-order valence-electron chi connectivity index (χ2n) is 6.27. The van der Waals surface area contributed by atoms with Gasteiger partial charge in [-0.1, -0.05) is 23.2 Å². The molecular weight excluding hydrogens is 395 g/mol. The molecule has 9 heteroatoms. The highest BCUT2D eigenvalue weighted by molar-refractivity contribution is 7.14. The van der Waals surface area contributed by atoms with Crippen molar-refractivity contribution in [2.75, 3.05) is 32.5 Å². The molecule has 6 nitrogen and oxygen atoms in total. The lowest BCUT2D eigenvalue weighted by molar-refractivity contribution is 0.0777. The molecule has 2 aromatic rings. The third kappa shape index (κ3) is 4.17. The lowest BCUT2D eigenvalue weighted by atomic mass is 10.2. The van der Waals surface area contributed by atoms with E-state index >= 15 is 0 Å². The van der Waals surface area contributed by atoms with Gasteiger partial charge >= 0.3 is 0 Å². The van der Waals surface area contributed by atoms with Crippen molar-refractivity contribution in [3.63, 3.8) is 0 Å². The summed E-state index contributed by atoms with van der Waals surface area (Å²) in [6.45, 7) is 1.40. The van der Waals surface area contributed by atoms with Gasteiger partial charge in [0.15, 0.2) is 5.13 Å². The number of rotatable bonds is 4. The van der Waals surface area contributed by atoms with Crippen LogP contribution in [0.3, 0.4) is 0 Å². The lowest BCUT2D eigenvalue weighted by Crippen LogP contribution is -2.34. The Hall–Kier alpha value is -1.67. The SMILES string of the molecule is CN(C)[C@@H]1CCN(C(=O)c2csc(NC(=O)c3ccc(Cl)cc3Cl)n2)C1. The first-order valence-electron chi connectivity index (χ1n) is 8.03. The Morgan fingerprint density at radius 3 is 2.77 bits per heavy atom. The molecule has 1 aliphatic heterocycles. The number of amides is 2. The minimum Gasteiger partial charge on any atom is -0.336 e. The minimum absolute atomic E-state index is 0.115. The Balaban J connectivity index is 1.66. The first kappa shape index (κ1) is 19.1. The van der Waals surface area contributed by atoms with Gasteiger partial charge in [-0.3, -0.25) is 14.9 Å². The predicted octanol–water partition coefficient (Wildman–Crippen LogP) is 3.48. The number of aromatic nitrogens is 1. The fraction of sp³-hybridized carbons (Fsp3) is 0.353. The molecule has 138 valence electrons. The molecule has 26 heavy (non-hydrogen) atoms. The maximum atomic E-state index is 12.6. The quantitative estimate of drug-likeness (QED) is 0.834. The van der Waals surface area contributed by atoms with Crippen molar-refractivity contribution in [2.45, 2.75) is 12.5 Å². The average Bonchev–Trinajstić information content (AvgIpc) is 3.23. The number of likely N-dealkylation sites (tertiary alicyclic amines) is 1. The van der Waals surface area contributed by atoms with Crippen molar-refractivity contribution < 1.29 is 9.59 Å². The van der Waals surface area contributed by atoms with Crippen molar-refractivity contribution in [2.24, 2.45) is 0 Å². The van der Waals surface area contributed by atoms with Gasteiger partial charge in [0.05, 0.1) is 10.6 Å². The normalized spacial score (nSPS) is 17.0. The Morgan fingerprint density at radius 1 is 1.35 bits per heavy atom. The van der Waals surface area contributed by atoms with Crippen molar-refractivity contribution in [1.29, 1.82) is 0 Å². The van der Waals surface area contributed by atoms with Crippen LogP contribution in [0, 0.1) is 0 Å². The lowest BCUT2D eigenvalue weighted by Gasteiger charge is -2.19. The number of benzene rings is 1. The van der Waals surface area contributed by atoms with Crippen molar-refractivity contribution in [1.82, 2.24) is 14.8 Å². The Labute approximate surface area is 165 Å². The van der Waals surface area contributed by atoms with Crippen LogP contribution in [0.25, 0.3) is 0 Å². The van der Waals surface area contributed by atoms with E-state index in [4.69, 9.17) is 23.2 Å². The van der Waals surface area contributed by atoms with E-state index in [9.17, 15) is 9.59 Å². The highest BCUT2D eigenvalue weighted by Crippen LogP contribution is 2.24. The highest BCUT2D eigenvalue weighted by atomic mass is 35.5. The predicted molar refractivity (Wildman–Crippen MR) is 105 cm³/mol. The zero-order chi connectivity index (χ0) is 18.8. The summed E-state index contributed by atoms with van der Waals surface area (Å²) in [5.41, 5.74) is 0.638. The molecule has 1 fully saturated rings. The molecular formula is C17H18Cl2N4O2S. The Bertz CT molecular complexity index is 840. The summed E-state index contributed by atoms with van der Waals surface area (Å²) in [5, 5.41) is 5.40. The van der Waals surface area contributed by atoms with Crippen LogP contribution in [0.2, 0.25) is 10.0 Å². The van der Waals surface area contributed by atoms with Gasteiger partial charge in [0.25, 0.3) is 11.8 Å². The van der Waals surface area contributed by atoms with E-state index in [1.54, 1.807) is 22.4 Å². The third-order valence-corrected chi connectivity index (χ3v) is 5.61. The summed E-state index contributed by atoms with van der Waals surface area (Å²) in [6, 6.07) is 5.01. The largest absolute Gasteiger partial charge is 0.336 e. The molecule has 0 aliphatic carbocycles. The fourth-order valence-electron chi connectivity index (χ4n) is 2.78. The van der Waals surface area contributed by atoms with Gasteiger partial charge in [-0.05, 0) is 38.7 Å². The maximum Gasteiger partial charge on any atom is 0.273 e. The van der Waals surface area contributed by atoms with E-state index < -0.39 is 5.91 Å². The van der Waals surface area contributed by atoms with E-state index in [0.29, 0.717) is 40.5 Å². The maximum absolute atomic E-state index is 12.6. The number of likely N-dealkylation sites (N-methyl/N-ethyl adjacent to an activating group) is 1. The number of nitrogens with zero attached hydrogens (tertiary/aromatic N) is 3. The summed E-state index contributed by atoms with van der Waals surface area (Å²) in [6.07, 6.45) is 0.946. The number of hydrogen-bond acceptors (Lipinski definition) is 5. The molecule has 1 atom stereocenters. The van der Waals surface area contributed by atoms with Crippen molar-refractivity contribution >= 4 is 51.5 Å². The highest BCUT2D eigenvalue weighted by Gasteiger charge is 2.29. The first-order chi connectivity index (χ1) is 12.3. The molecule has 1 aromatic carbocycles. The number of hydrogen-bond donors (Lipinski definition) is 1. The summed E-state index contributed by atoms with van der Waals surface area (Å²) >= 11 is 13.1. The number of halogens is 2. The number of carbonyl (C=O) groups excluding carboxylic acids is 2. The molecule has 0 unspecified atom stereocenters. The molecule has 0 radical (unpaired) electrons. The second kappa shape index (κ2) is 7.92. The molecule has 2 heterocycles. The van der Waals surface area contributed by atoms with Gasteiger partial charge in [0, 0.05) is 29.5 Å². The fourth-order valence-corrected chi connectivity index (χ4v) is 3.95. The van der Waals surface area contributed by atoms with Crippen molar-refractivity contribution in [3.05, 3.63) is 44.9 Å². The second-order valence-corrected chi connectivity index (χ2v) is 7.98. The van der Waals surface area contributed by atoms with Crippen LogP contribution < -0.4 is 5.32 Å². The summed E-state index contributed by atoms with van der Waals surface area (Å²) in [7, 11) is 4.02. The zero-order valence-electron chi connectivity index (χ0n) is 14.3. The molecule has 2 amide bonds. The van der Waals surface area contributed by atoms with E-state index in [1.807, 2.05) is 14.1 Å². The zero-order valence-corrected chi connectivity index (χ0v) is 16.7. The molecule has 3 rings (SSSR count). The van der Waals surface area contributed by atoms with Gasteiger partial charge < -0.3 is 9.80 Å². The standard InChI is InChI=1S/C17H18Cl2N4O2S/c1-22(2)11-5-6-23(8-11)16(25)14-9-26-17(20-14)21-15(24)12-4-3-10(18)7-13(12)19/h3-4,7,9,11H,5-6,8H2,1-2H3,(H,20,21,24)/t11-/m1/s1. The van der Waals surface area contributed by atoms with Crippen LogP contribution in [-0.2, 0) is 0 Å². The summed E-state index contributed by atoms with van der Waals surface area (Å²) in [4.78, 5) is 33.1. The molecule has 1 aromatic heterocycles. The van der Waals surface area contributed by atoms with Gasteiger partial charge in [-0.15, -0.1) is 11.3 Å². The van der Waals surface area contributed by atoms with E-state index in [0.717, 1.165) is 6.42 Å². The Kier molecular flexibility index (Phi) is 5.82. The number of nitrogens with one attached hydrogen (secondary N) is 1. The summed E-state index contributed by atoms with van der Waals surface area (Å²) < 4.78 is 0. The number of anilines is 1. The van der Waals surface area contributed by atoms with E-state index in [1.165, 1.54) is 17.4 Å². The molecule has 1 aliphatic rings. The number of carbonyl (C=O) groups is 2. The van der Waals surface area contributed by atoms with Gasteiger partial charge in [0.1, 0.15) is 5.69 Å². The van der Waals surface area contributed by atoms with Crippen LogP contribution in [0.5, 0.6) is 0 Å². The molecule has 0 bridgehead atoms. The van der Waals surface area contributed by atoms with Crippen molar-refractivity contribution in [3.8, 4) is 0 Å². The average molecular weight is 413 g/mol. The third-order valence-electron chi connectivity index (χ3n) is 4.30. The van der Waals surface area contributed by atoms with Gasteiger partial charge in [-0.2, -0.15) is 0 Å². The number of thiazole rings is 1. The first-order valence-corrected chi connectivity index (χ1v) is 9.66. The summed E-state index contributed by atoms with van der Waals surface area (Å²) in [5.74, 6) is -0.510. The molecule has 0 saturated carbocycles. The van der Waals surface area contributed by atoms with Crippen LogP contribution in [0.4, 0.5) is 5.13 Å². The monoisotopic (exact) mass is 412 g/mol. The van der Waals surface area contributed by atoms with Crippen LogP contribution in [0.1, 0.15) is 27.3 Å². The molecule has 0 spiro atoms. The van der Waals surface area contributed by atoms with Crippen LogP contribution in [-0.4, -0.2) is 59.8 Å². The minimum atomic E-state index is -0.395. The van der Waals surface area contributed by atoms with E-state index in [-0.39, 0.29) is 10.9 Å². The van der Waals surface area contributed by atoms with Crippen LogP contribution >= 0.6 is 34.5 Å². The Morgan fingerprint density at radius 2 is 2.12 bits per heavy atom. The smallest absolute Gasteiger partial charge is 0.273 e. The van der Waals surface area contributed by atoms with E-state index in [2.05, 4.69) is 15.2 Å². The molecule has 1 saturated heterocycles. The topological polar surface area (TPSA) is 65.5 Å². The molecule has 1 N–H and O–H groups in total. The van der Waals surface area contributed by atoms with Crippen LogP contribution in [0.15, 0.2) is 23.6 Å². The van der Waals surface area contributed by atoms with Gasteiger partial charge in [0.2, 0.25) is 0 Å². The van der Waals surface area contributed by atoms with Gasteiger partial charge in [-0.25, -0.2) is 4.98 Å².